The summed E-state index contributed by atoms with van der Waals surface area (Å²) in [6.45, 7) is 5.44. The first-order chi connectivity index (χ1) is 10.4. The van der Waals surface area contributed by atoms with Gasteiger partial charge in [-0.15, -0.1) is 11.3 Å². The van der Waals surface area contributed by atoms with Crippen molar-refractivity contribution in [1.82, 2.24) is 14.4 Å². The predicted octanol–water partition coefficient (Wildman–Crippen LogP) is 3.80. The van der Waals surface area contributed by atoms with E-state index >= 15 is 0 Å². The van der Waals surface area contributed by atoms with Crippen LogP contribution in [0.15, 0.2) is 36.1 Å². The van der Waals surface area contributed by atoms with Crippen molar-refractivity contribution >= 4 is 28.9 Å². The summed E-state index contributed by atoms with van der Waals surface area (Å²) >= 11 is 1.62. The lowest BCUT2D eigenvalue weighted by Crippen LogP contribution is -2.27. The Labute approximate surface area is 131 Å². The van der Waals surface area contributed by atoms with Crippen molar-refractivity contribution in [2.75, 3.05) is 5.32 Å². The third-order valence-corrected chi connectivity index (χ3v) is 3.67. The summed E-state index contributed by atoms with van der Waals surface area (Å²) in [7, 11) is 0. The maximum Gasteiger partial charge on any atom is 0.413 e. The van der Waals surface area contributed by atoms with Crippen molar-refractivity contribution in [3.8, 4) is 10.6 Å². The monoisotopic (exact) mass is 316 g/mol. The van der Waals surface area contributed by atoms with E-state index in [1.807, 2.05) is 42.7 Å². The minimum absolute atomic E-state index is 0.431. The molecule has 0 spiro atoms. The Kier molecular flexibility index (Phi) is 3.58. The lowest BCUT2D eigenvalue weighted by atomic mass is 10.2. The van der Waals surface area contributed by atoms with E-state index in [1.165, 1.54) is 0 Å². The molecule has 0 aliphatic carbocycles. The molecule has 0 fully saturated rings. The van der Waals surface area contributed by atoms with Crippen LogP contribution in [0.25, 0.3) is 16.2 Å². The maximum atomic E-state index is 11.8. The maximum absolute atomic E-state index is 11.8. The number of nitrogens with one attached hydrogen (secondary N) is 1. The molecule has 3 rings (SSSR count). The molecule has 6 nitrogen and oxygen atoms in total. The smallest absolute Gasteiger partial charge is 0.413 e. The molecule has 0 aliphatic rings. The number of anilines is 1. The van der Waals surface area contributed by atoms with Crippen molar-refractivity contribution in [2.45, 2.75) is 26.4 Å². The van der Waals surface area contributed by atoms with Crippen LogP contribution in [0, 0.1) is 0 Å². The highest BCUT2D eigenvalue weighted by atomic mass is 32.1. The van der Waals surface area contributed by atoms with Crippen LogP contribution in [-0.2, 0) is 4.74 Å². The number of imidazole rings is 1. The molecule has 0 bridgehead atoms. The van der Waals surface area contributed by atoms with Crippen molar-refractivity contribution in [2.24, 2.45) is 0 Å². The van der Waals surface area contributed by atoms with Crippen LogP contribution in [0.4, 0.5) is 10.6 Å². The number of hydrogen-bond donors (Lipinski definition) is 1. The van der Waals surface area contributed by atoms with E-state index in [1.54, 1.807) is 29.9 Å². The Morgan fingerprint density at radius 3 is 2.86 bits per heavy atom. The minimum atomic E-state index is -0.549. The van der Waals surface area contributed by atoms with E-state index in [9.17, 15) is 4.79 Å². The van der Waals surface area contributed by atoms with Crippen LogP contribution in [0.2, 0.25) is 0 Å². The van der Waals surface area contributed by atoms with Gasteiger partial charge in [-0.05, 0) is 32.2 Å². The zero-order valence-corrected chi connectivity index (χ0v) is 13.3. The van der Waals surface area contributed by atoms with Crippen molar-refractivity contribution in [1.29, 1.82) is 0 Å². The second kappa shape index (κ2) is 5.42. The fourth-order valence-electron chi connectivity index (χ4n) is 1.99. The molecule has 3 heterocycles. The molecule has 22 heavy (non-hydrogen) atoms. The first-order valence-corrected chi connectivity index (χ1v) is 7.67. The summed E-state index contributed by atoms with van der Waals surface area (Å²) in [6.07, 6.45) is 4.66. The summed E-state index contributed by atoms with van der Waals surface area (Å²) in [5.41, 5.74) is 1.04. The Bertz CT molecular complexity index is 803. The molecule has 7 heteroatoms. The van der Waals surface area contributed by atoms with E-state index < -0.39 is 11.7 Å². The van der Waals surface area contributed by atoms with Crippen LogP contribution in [0.5, 0.6) is 0 Å². The van der Waals surface area contributed by atoms with Crippen LogP contribution >= 0.6 is 11.3 Å². The van der Waals surface area contributed by atoms with Gasteiger partial charge in [-0.1, -0.05) is 6.07 Å². The van der Waals surface area contributed by atoms with Gasteiger partial charge in [-0.25, -0.2) is 9.78 Å². The number of rotatable bonds is 2. The molecule has 1 amide bonds. The van der Waals surface area contributed by atoms with E-state index in [0.29, 0.717) is 11.5 Å². The molecule has 0 atom stereocenters. The first-order valence-electron chi connectivity index (χ1n) is 6.79. The summed E-state index contributed by atoms with van der Waals surface area (Å²) in [6, 6.07) is 4.00. The van der Waals surface area contributed by atoms with E-state index in [-0.39, 0.29) is 0 Å². The highest BCUT2D eigenvalue weighted by Gasteiger charge is 2.17. The largest absolute Gasteiger partial charge is 0.444 e. The number of aromatic nitrogens is 3. The van der Waals surface area contributed by atoms with Crippen molar-refractivity contribution in [3.05, 3.63) is 36.1 Å². The molecular weight excluding hydrogens is 300 g/mol. The van der Waals surface area contributed by atoms with Crippen LogP contribution in [0.3, 0.4) is 0 Å². The summed E-state index contributed by atoms with van der Waals surface area (Å²) in [4.78, 5) is 21.5. The average molecular weight is 316 g/mol. The molecule has 1 N–H and O–H groups in total. The molecule has 114 valence electrons. The van der Waals surface area contributed by atoms with Gasteiger partial charge in [0, 0.05) is 0 Å². The highest BCUT2D eigenvalue weighted by molar-refractivity contribution is 7.13. The van der Waals surface area contributed by atoms with Gasteiger partial charge in [0.15, 0.2) is 11.5 Å². The highest BCUT2D eigenvalue weighted by Crippen LogP contribution is 2.25. The Hall–Kier alpha value is -2.41. The number of carbonyl (C=O) groups is 1. The third-order valence-electron chi connectivity index (χ3n) is 2.78. The summed E-state index contributed by atoms with van der Waals surface area (Å²) < 4.78 is 7.12. The van der Waals surface area contributed by atoms with Gasteiger partial charge >= 0.3 is 6.09 Å². The quantitative estimate of drug-likeness (QED) is 0.780. The minimum Gasteiger partial charge on any atom is -0.444 e. The zero-order chi connectivity index (χ0) is 15.7. The normalized spacial score (nSPS) is 11.6. The molecule has 0 radical (unpaired) electrons. The average Bonchev–Trinajstić information content (AvgIpc) is 3.03. The van der Waals surface area contributed by atoms with Gasteiger partial charge in [-0.2, -0.15) is 0 Å². The topological polar surface area (TPSA) is 68.5 Å². The lowest BCUT2D eigenvalue weighted by Gasteiger charge is -2.18. The number of fused-ring (bicyclic) bond motifs is 1. The molecule has 0 aromatic carbocycles. The number of nitrogens with zero attached hydrogens (tertiary/aromatic N) is 3. The van der Waals surface area contributed by atoms with Crippen LogP contribution in [-0.4, -0.2) is 26.1 Å². The van der Waals surface area contributed by atoms with Gasteiger partial charge in [-0.3, -0.25) is 14.7 Å². The number of thiophene rings is 1. The number of ether oxygens (including phenoxy) is 1. The van der Waals surface area contributed by atoms with Crippen LogP contribution < -0.4 is 5.32 Å². The molecule has 3 aromatic heterocycles. The van der Waals surface area contributed by atoms with Gasteiger partial charge < -0.3 is 4.74 Å². The van der Waals surface area contributed by atoms with E-state index in [2.05, 4.69) is 15.3 Å². The Morgan fingerprint density at radius 2 is 2.18 bits per heavy atom. The molecule has 0 unspecified atom stereocenters. The molecule has 0 aliphatic heterocycles. The van der Waals surface area contributed by atoms with E-state index in [0.717, 1.165) is 10.6 Å². The molecule has 3 aromatic rings. The van der Waals surface area contributed by atoms with Gasteiger partial charge in [0.2, 0.25) is 0 Å². The number of hydrogen-bond acceptors (Lipinski definition) is 5. The number of carbonyl (C=O) groups excluding carboxylic acids is 1. The van der Waals surface area contributed by atoms with Crippen molar-refractivity contribution in [3.63, 3.8) is 0 Å². The fraction of sp³-hybridized carbons (Fsp3) is 0.267. The third kappa shape index (κ3) is 3.09. The lowest BCUT2D eigenvalue weighted by molar-refractivity contribution is 0.0635. The van der Waals surface area contributed by atoms with Crippen molar-refractivity contribution < 1.29 is 9.53 Å². The second-order valence-electron chi connectivity index (χ2n) is 5.75. The molecule has 0 saturated heterocycles. The van der Waals surface area contributed by atoms with Crippen LogP contribution in [0.1, 0.15) is 20.8 Å². The standard InChI is InChI=1S/C15H16N4O2S/c1-15(2,3)21-14(20)18-12-9-19-10(11-5-4-6-22-11)7-16-8-13(19)17-12/h4-9H,1-3H3,(H,18,20). The fourth-order valence-corrected chi connectivity index (χ4v) is 2.72. The number of amides is 1. The summed E-state index contributed by atoms with van der Waals surface area (Å²) in [5, 5.41) is 4.65. The van der Waals surface area contributed by atoms with Gasteiger partial charge in [0.05, 0.1) is 29.2 Å². The Morgan fingerprint density at radius 1 is 1.36 bits per heavy atom. The summed E-state index contributed by atoms with van der Waals surface area (Å²) in [5.74, 6) is 0.431. The van der Waals surface area contributed by atoms with E-state index in [4.69, 9.17) is 4.74 Å². The predicted molar refractivity (Wildman–Crippen MR) is 86.2 cm³/mol. The second-order valence-corrected chi connectivity index (χ2v) is 6.70. The zero-order valence-electron chi connectivity index (χ0n) is 12.5. The van der Waals surface area contributed by atoms with Gasteiger partial charge in [0.25, 0.3) is 0 Å². The molecule has 0 saturated carbocycles. The first kappa shape index (κ1) is 14.5. The molecular formula is C15H16N4O2S. The SMILES string of the molecule is CC(C)(C)OC(=O)Nc1cn2c(-c3cccs3)cncc2n1. The van der Waals surface area contributed by atoms with Gasteiger partial charge in [0.1, 0.15) is 5.60 Å². The Balaban J connectivity index is 1.91.